The Kier molecular flexibility index (Phi) is 7.02. The second kappa shape index (κ2) is 9.69. The molecule has 0 saturated carbocycles. The van der Waals surface area contributed by atoms with Crippen molar-refractivity contribution in [1.29, 1.82) is 0 Å². The van der Waals surface area contributed by atoms with Crippen molar-refractivity contribution in [2.45, 2.75) is 16.7 Å². The van der Waals surface area contributed by atoms with Crippen molar-refractivity contribution in [3.63, 3.8) is 0 Å². The van der Waals surface area contributed by atoms with Gasteiger partial charge in [-0.25, -0.2) is 8.42 Å². The first-order valence-corrected chi connectivity index (χ1v) is 11.9. The van der Waals surface area contributed by atoms with Gasteiger partial charge in [0.2, 0.25) is 0 Å². The van der Waals surface area contributed by atoms with Crippen LogP contribution < -0.4 is 14.8 Å². The molecule has 3 aromatic rings. The van der Waals surface area contributed by atoms with Gasteiger partial charge in [-0.3, -0.25) is 9.52 Å². The first-order chi connectivity index (χ1) is 14.4. The summed E-state index contributed by atoms with van der Waals surface area (Å²) >= 11 is 1.52. The zero-order chi connectivity index (χ0) is 21.6. The van der Waals surface area contributed by atoms with E-state index in [-0.39, 0.29) is 16.5 Å². The summed E-state index contributed by atoms with van der Waals surface area (Å²) < 4.78 is 33.9. The first kappa shape index (κ1) is 21.7. The summed E-state index contributed by atoms with van der Waals surface area (Å²) in [6.45, 7) is 2.19. The van der Waals surface area contributed by atoms with Gasteiger partial charge in [0.1, 0.15) is 5.75 Å². The lowest BCUT2D eigenvalue weighted by atomic mass is 10.2. The van der Waals surface area contributed by atoms with E-state index in [1.807, 2.05) is 25.3 Å². The van der Waals surface area contributed by atoms with Crippen LogP contribution in [0.2, 0.25) is 0 Å². The normalized spacial score (nSPS) is 11.0. The van der Waals surface area contributed by atoms with Gasteiger partial charge in [0.05, 0.1) is 17.2 Å². The maximum Gasteiger partial charge on any atom is 0.261 e. The van der Waals surface area contributed by atoms with Crippen LogP contribution in [0.3, 0.4) is 0 Å². The van der Waals surface area contributed by atoms with Crippen LogP contribution in [0.5, 0.6) is 5.75 Å². The highest BCUT2D eigenvalue weighted by molar-refractivity contribution is 7.98. The number of carbonyl (C=O) groups excluding carboxylic acids is 1. The van der Waals surface area contributed by atoms with Crippen LogP contribution in [0.15, 0.2) is 82.6 Å². The molecule has 0 bridgehead atoms. The molecule has 3 aromatic carbocycles. The van der Waals surface area contributed by atoms with Gasteiger partial charge in [0.25, 0.3) is 15.9 Å². The summed E-state index contributed by atoms with van der Waals surface area (Å²) in [5.41, 5.74) is 1.21. The Morgan fingerprint density at radius 2 is 1.77 bits per heavy atom. The highest BCUT2D eigenvalue weighted by Crippen LogP contribution is 2.30. The second-order valence-corrected chi connectivity index (χ2v) is 8.81. The Morgan fingerprint density at radius 3 is 2.47 bits per heavy atom. The van der Waals surface area contributed by atoms with E-state index in [1.165, 1.54) is 30.0 Å². The number of amides is 1. The molecule has 0 saturated heterocycles. The monoisotopic (exact) mass is 442 g/mol. The molecule has 0 atom stereocenters. The van der Waals surface area contributed by atoms with Gasteiger partial charge in [-0.1, -0.05) is 24.3 Å². The smallest absolute Gasteiger partial charge is 0.261 e. The minimum atomic E-state index is -3.86. The van der Waals surface area contributed by atoms with Gasteiger partial charge < -0.3 is 10.1 Å². The maximum atomic E-state index is 12.9. The topological polar surface area (TPSA) is 84.5 Å². The van der Waals surface area contributed by atoms with Crippen molar-refractivity contribution in [3.8, 4) is 5.75 Å². The fourth-order valence-electron chi connectivity index (χ4n) is 2.74. The number of hydrogen-bond acceptors (Lipinski definition) is 5. The van der Waals surface area contributed by atoms with E-state index in [1.54, 1.807) is 42.5 Å². The lowest BCUT2D eigenvalue weighted by molar-refractivity contribution is 0.102. The molecule has 156 valence electrons. The molecule has 6 nitrogen and oxygen atoms in total. The number of nitrogens with one attached hydrogen (secondary N) is 2. The Balaban J connectivity index is 1.91. The Bertz CT molecular complexity index is 1130. The Morgan fingerprint density at radius 1 is 1.00 bits per heavy atom. The van der Waals surface area contributed by atoms with Gasteiger partial charge in [0, 0.05) is 16.1 Å². The third-order valence-corrected chi connectivity index (χ3v) is 6.27. The lowest BCUT2D eigenvalue weighted by Gasteiger charge is -2.14. The van der Waals surface area contributed by atoms with Gasteiger partial charge in [-0.15, -0.1) is 11.8 Å². The molecule has 0 radical (unpaired) electrons. The summed E-state index contributed by atoms with van der Waals surface area (Å²) in [7, 11) is -3.86. The molecule has 0 spiro atoms. The largest absolute Gasteiger partial charge is 0.492 e. The molecule has 8 heteroatoms. The van der Waals surface area contributed by atoms with E-state index >= 15 is 0 Å². The molecule has 3 rings (SSSR count). The molecule has 0 aliphatic carbocycles. The van der Waals surface area contributed by atoms with Crippen LogP contribution >= 0.6 is 11.8 Å². The fourth-order valence-corrected chi connectivity index (χ4v) is 4.27. The molecule has 0 aliphatic heterocycles. The van der Waals surface area contributed by atoms with Crippen molar-refractivity contribution in [1.82, 2.24) is 0 Å². The number of hydrogen-bond donors (Lipinski definition) is 2. The predicted octanol–water partition coefficient (Wildman–Crippen LogP) is 4.86. The van der Waals surface area contributed by atoms with Crippen LogP contribution in [-0.2, 0) is 10.0 Å². The average Bonchev–Trinajstić information content (AvgIpc) is 2.75. The second-order valence-electron chi connectivity index (χ2n) is 6.25. The Labute approximate surface area is 180 Å². The lowest BCUT2D eigenvalue weighted by Crippen LogP contribution is -2.16. The molecule has 0 aliphatic rings. The van der Waals surface area contributed by atoms with Crippen LogP contribution in [0.25, 0.3) is 0 Å². The maximum absolute atomic E-state index is 12.9. The van der Waals surface area contributed by atoms with Gasteiger partial charge in [0.15, 0.2) is 0 Å². The van der Waals surface area contributed by atoms with E-state index < -0.39 is 10.0 Å². The minimum absolute atomic E-state index is 0.0175. The summed E-state index contributed by atoms with van der Waals surface area (Å²) in [6, 6.07) is 20.2. The number of anilines is 2. The molecule has 0 aromatic heterocycles. The number of thioether (sulfide) groups is 1. The molecule has 1 amide bonds. The number of sulfonamides is 1. The molecular weight excluding hydrogens is 420 g/mol. The minimum Gasteiger partial charge on any atom is -0.492 e. The van der Waals surface area contributed by atoms with Crippen LogP contribution in [0.4, 0.5) is 11.4 Å². The van der Waals surface area contributed by atoms with Crippen molar-refractivity contribution in [2.24, 2.45) is 0 Å². The van der Waals surface area contributed by atoms with E-state index in [4.69, 9.17) is 4.74 Å². The zero-order valence-corrected chi connectivity index (χ0v) is 18.2. The molecule has 2 N–H and O–H groups in total. The summed E-state index contributed by atoms with van der Waals surface area (Å²) in [5, 5.41) is 2.75. The third-order valence-electron chi connectivity index (χ3n) is 4.17. The Hall–Kier alpha value is -2.97. The standard InChI is InChI=1S/C22H22N2O4S2/c1-3-28-21-13-12-19(15-20(21)23-22(25)16-8-5-4-6-9-16)30(26,27)24-17-10-7-11-18(14-17)29-2/h4-15,24H,3H2,1-2H3,(H,23,25). The molecule has 0 heterocycles. The number of carbonyl (C=O) groups is 1. The van der Waals surface area contributed by atoms with Crippen molar-refractivity contribution in [2.75, 3.05) is 22.9 Å². The molecule has 30 heavy (non-hydrogen) atoms. The van der Waals surface area contributed by atoms with Crippen LogP contribution in [0.1, 0.15) is 17.3 Å². The summed E-state index contributed by atoms with van der Waals surface area (Å²) in [6.07, 6.45) is 1.92. The number of ether oxygens (including phenoxy) is 1. The number of benzene rings is 3. The van der Waals surface area contributed by atoms with Gasteiger partial charge in [-0.2, -0.15) is 0 Å². The van der Waals surface area contributed by atoms with E-state index in [2.05, 4.69) is 10.0 Å². The van der Waals surface area contributed by atoms with E-state index in [0.717, 1.165) is 4.90 Å². The van der Waals surface area contributed by atoms with Crippen molar-refractivity contribution < 1.29 is 17.9 Å². The third kappa shape index (κ3) is 5.34. The van der Waals surface area contributed by atoms with Crippen LogP contribution in [-0.4, -0.2) is 27.2 Å². The van der Waals surface area contributed by atoms with Crippen molar-refractivity contribution in [3.05, 3.63) is 78.4 Å². The highest BCUT2D eigenvalue weighted by Gasteiger charge is 2.18. The number of rotatable bonds is 8. The van der Waals surface area contributed by atoms with Gasteiger partial charge >= 0.3 is 0 Å². The fraction of sp³-hybridized carbons (Fsp3) is 0.136. The summed E-state index contributed by atoms with van der Waals surface area (Å²) in [4.78, 5) is 13.5. The van der Waals surface area contributed by atoms with Crippen LogP contribution in [0, 0.1) is 0 Å². The quantitative estimate of drug-likeness (QED) is 0.487. The predicted molar refractivity (Wildman–Crippen MR) is 121 cm³/mol. The SMILES string of the molecule is CCOc1ccc(S(=O)(=O)Nc2cccc(SC)c2)cc1NC(=O)c1ccccc1. The van der Waals surface area contributed by atoms with E-state index in [9.17, 15) is 13.2 Å². The molecule has 0 unspecified atom stereocenters. The molecular formula is C22H22N2O4S2. The molecule has 0 fully saturated rings. The zero-order valence-electron chi connectivity index (χ0n) is 16.6. The van der Waals surface area contributed by atoms with E-state index in [0.29, 0.717) is 23.6 Å². The highest BCUT2D eigenvalue weighted by atomic mass is 32.2. The average molecular weight is 443 g/mol. The van der Waals surface area contributed by atoms with Gasteiger partial charge in [-0.05, 0) is 61.7 Å². The summed E-state index contributed by atoms with van der Waals surface area (Å²) in [5.74, 6) is 0.0387. The first-order valence-electron chi connectivity index (χ1n) is 9.23. The van der Waals surface area contributed by atoms with Crippen molar-refractivity contribution >= 4 is 39.1 Å².